The Hall–Kier alpha value is -0.850. The molecule has 2 rings (SSSR count). The van der Waals surface area contributed by atoms with E-state index in [2.05, 4.69) is 22.4 Å². The van der Waals surface area contributed by atoms with Gasteiger partial charge in [-0.1, -0.05) is 13.0 Å². The van der Waals surface area contributed by atoms with Crippen LogP contribution in [0.1, 0.15) is 32.1 Å². The fraction of sp³-hybridized carbons (Fsp3) is 0.786. The van der Waals surface area contributed by atoms with Gasteiger partial charge in [0.25, 0.3) is 0 Å². The number of likely N-dealkylation sites (tertiary alicyclic amines) is 2. The maximum Gasteiger partial charge on any atom is 0.0954 e. The van der Waals surface area contributed by atoms with Gasteiger partial charge in [0.05, 0.1) is 6.07 Å². The molecule has 2 fully saturated rings. The van der Waals surface area contributed by atoms with Crippen LogP contribution in [0, 0.1) is 11.3 Å². The van der Waals surface area contributed by atoms with Crippen molar-refractivity contribution < 1.29 is 0 Å². The van der Waals surface area contributed by atoms with Crippen LogP contribution in [0.25, 0.3) is 0 Å². The van der Waals surface area contributed by atoms with Gasteiger partial charge >= 0.3 is 0 Å². The minimum atomic E-state index is 0.696. The molecule has 94 valence electrons. The number of piperidine rings is 2. The average molecular weight is 233 g/mol. The Balaban J connectivity index is 1.74. The first-order valence-electron chi connectivity index (χ1n) is 6.84. The van der Waals surface area contributed by atoms with Crippen molar-refractivity contribution in [2.75, 3.05) is 32.7 Å². The molecule has 0 saturated carbocycles. The van der Waals surface area contributed by atoms with E-state index in [0.717, 1.165) is 25.7 Å². The van der Waals surface area contributed by atoms with Gasteiger partial charge in [-0.15, -0.1) is 0 Å². The second-order valence-electron chi connectivity index (χ2n) is 5.32. The zero-order chi connectivity index (χ0) is 12.1. The standard InChI is InChI=1S/C14H23N3/c1-13(11-15)12-16-9-5-14(6-10-16)17-7-3-2-4-8-17/h14H,1-10,12H2. The molecule has 0 aliphatic carbocycles. The van der Waals surface area contributed by atoms with Crippen molar-refractivity contribution in [3.05, 3.63) is 12.2 Å². The van der Waals surface area contributed by atoms with E-state index < -0.39 is 0 Å². The molecule has 0 unspecified atom stereocenters. The summed E-state index contributed by atoms with van der Waals surface area (Å²) in [5.41, 5.74) is 0.696. The van der Waals surface area contributed by atoms with Crippen molar-refractivity contribution in [2.24, 2.45) is 0 Å². The third-order valence-corrected chi connectivity index (χ3v) is 4.04. The Bertz CT molecular complexity index is 291. The van der Waals surface area contributed by atoms with Crippen LogP contribution in [0.3, 0.4) is 0 Å². The Morgan fingerprint density at radius 3 is 2.35 bits per heavy atom. The molecular formula is C14H23N3. The molecule has 3 heteroatoms. The van der Waals surface area contributed by atoms with E-state index in [4.69, 9.17) is 5.26 Å². The minimum Gasteiger partial charge on any atom is -0.300 e. The van der Waals surface area contributed by atoms with Gasteiger partial charge in [0.2, 0.25) is 0 Å². The highest BCUT2D eigenvalue weighted by Crippen LogP contribution is 2.20. The summed E-state index contributed by atoms with van der Waals surface area (Å²) in [5, 5.41) is 8.74. The van der Waals surface area contributed by atoms with Crippen LogP contribution in [0.4, 0.5) is 0 Å². The molecule has 0 spiro atoms. The van der Waals surface area contributed by atoms with E-state index in [-0.39, 0.29) is 0 Å². The lowest BCUT2D eigenvalue weighted by Gasteiger charge is -2.40. The second kappa shape index (κ2) is 6.18. The van der Waals surface area contributed by atoms with Gasteiger partial charge in [-0.3, -0.25) is 4.90 Å². The van der Waals surface area contributed by atoms with Gasteiger partial charge in [0, 0.05) is 31.2 Å². The first kappa shape index (κ1) is 12.6. The number of hydrogen-bond donors (Lipinski definition) is 0. The normalized spacial score (nSPS) is 24.4. The molecule has 0 aromatic heterocycles. The van der Waals surface area contributed by atoms with Crippen molar-refractivity contribution in [2.45, 2.75) is 38.1 Å². The SMILES string of the molecule is C=C(C#N)CN1CCC(N2CCCCC2)CC1. The van der Waals surface area contributed by atoms with Gasteiger partial charge < -0.3 is 4.90 Å². The van der Waals surface area contributed by atoms with E-state index in [1.54, 1.807) is 0 Å². The molecule has 0 amide bonds. The summed E-state index contributed by atoms with van der Waals surface area (Å²) in [6.45, 7) is 9.39. The molecule has 2 aliphatic rings. The van der Waals surface area contributed by atoms with Gasteiger partial charge in [0.1, 0.15) is 0 Å². The van der Waals surface area contributed by atoms with Gasteiger partial charge in [-0.2, -0.15) is 5.26 Å². The molecule has 0 radical (unpaired) electrons. The van der Waals surface area contributed by atoms with Crippen molar-refractivity contribution >= 4 is 0 Å². The van der Waals surface area contributed by atoms with Gasteiger partial charge in [-0.05, 0) is 38.8 Å². The summed E-state index contributed by atoms with van der Waals surface area (Å²) in [4.78, 5) is 5.05. The van der Waals surface area contributed by atoms with Crippen LogP contribution in [0.5, 0.6) is 0 Å². The van der Waals surface area contributed by atoms with Crippen molar-refractivity contribution in [1.82, 2.24) is 9.80 Å². The lowest BCUT2D eigenvalue weighted by Crippen LogP contribution is -2.46. The molecule has 17 heavy (non-hydrogen) atoms. The number of nitrogens with zero attached hydrogens (tertiary/aromatic N) is 3. The Morgan fingerprint density at radius 1 is 1.12 bits per heavy atom. The highest BCUT2D eigenvalue weighted by atomic mass is 15.2. The molecular weight excluding hydrogens is 210 g/mol. The predicted molar refractivity (Wildman–Crippen MR) is 69.6 cm³/mol. The highest BCUT2D eigenvalue weighted by molar-refractivity contribution is 5.17. The van der Waals surface area contributed by atoms with Crippen LogP contribution in [0.15, 0.2) is 12.2 Å². The summed E-state index contributed by atoms with van der Waals surface area (Å²) in [6, 6.07) is 2.93. The maximum absolute atomic E-state index is 8.74. The molecule has 0 aromatic carbocycles. The second-order valence-corrected chi connectivity index (χ2v) is 5.32. The first-order valence-corrected chi connectivity index (χ1v) is 6.84. The van der Waals surface area contributed by atoms with Gasteiger partial charge in [0.15, 0.2) is 0 Å². The summed E-state index contributed by atoms with van der Waals surface area (Å²) in [7, 11) is 0. The quantitative estimate of drug-likeness (QED) is 0.699. The topological polar surface area (TPSA) is 30.3 Å². The minimum absolute atomic E-state index is 0.696. The zero-order valence-electron chi connectivity index (χ0n) is 10.7. The molecule has 2 aliphatic heterocycles. The third-order valence-electron chi connectivity index (χ3n) is 4.04. The van der Waals surface area contributed by atoms with Crippen LogP contribution >= 0.6 is 0 Å². The molecule has 0 aromatic rings. The van der Waals surface area contributed by atoms with E-state index in [1.165, 1.54) is 45.2 Å². The Labute approximate surface area is 105 Å². The number of rotatable bonds is 3. The number of nitriles is 1. The third kappa shape index (κ3) is 3.55. The molecule has 2 saturated heterocycles. The zero-order valence-corrected chi connectivity index (χ0v) is 10.7. The largest absolute Gasteiger partial charge is 0.300 e. The van der Waals surface area contributed by atoms with Crippen LogP contribution in [-0.2, 0) is 0 Å². The van der Waals surface area contributed by atoms with Crippen molar-refractivity contribution in [3.8, 4) is 6.07 Å². The molecule has 2 heterocycles. The van der Waals surface area contributed by atoms with E-state index in [1.807, 2.05) is 0 Å². The summed E-state index contributed by atoms with van der Waals surface area (Å²) < 4.78 is 0. The fourth-order valence-corrected chi connectivity index (χ4v) is 3.03. The monoisotopic (exact) mass is 233 g/mol. The highest BCUT2D eigenvalue weighted by Gasteiger charge is 2.25. The van der Waals surface area contributed by atoms with E-state index in [0.29, 0.717) is 5.57 Å². The van der Waals surface area contributed by atoms with Crippen molar-refractivity contribution in [1.29, 1.82) is 5.26 Å². The van der Waals surface area contributed by atoms with Gasteiger partial charge in [-0.25, -0.2) is 0 Å². The number of hydrogen-bond acceptors (Lipinski definition) is 3. The average Bonchev–Trinajstić information content (AvgIpc) is 2.40. The smallest absolute Gasteiger partial charge is 0.0954 e. The van der Waals surface area contributed by atoms with Crippen molar-refractivity contribution in [3.63, 3.8) is 0 Å². The summed E-state index contributed by atoms with van der Waals surface area (Å²) >= 11 is 0. The first-order chi connectivity index (χ1) is 8.29. The lowest BCUT2D eigenvalue weighted by atomic mass is 9.99. The summed E-state index contributed by atoms with van der Waals surface area (Å²) in [6.07, 6.45) is 6.70. The van der Waals surface area contributed by atoms with Crippen LogP contribution < -0.4 is 0 Å². The molecule has 0 atom stereocenters. The van der Waals surface area contributed by atoms with Crippen LogP contribution in [-0.4, -0.2) is 48.6 Å². The lowest BCUT2D eigenvalue weighted by molar-refractivity contribution is 0.0968. The predicted octanol–water partition coefficient (Wildman–Crippen LogP) is 2.02. The maximum atomic E-state index is 8.74. The Morgan fingerprint density at radius 2 is 1.76 bits per heavy atom. The molecule has 3 nitrogen and oxygen atoms in total. The summed E-state index contributed by atoms with van der Waals surface area (Å²) in [5.74, 6) is 0. The van der Waals surface area contributed by atoms with E-state index in [9.17, 15) is 0 Å². The molecule has 0 N–H and O–H groups in total. The fourth-order valence-electron chi connectivity index (χ4n) is 3.03. The Kier molecular flexibility index (Phi) is 4.58. The van der Waals surface area contributed by atoms with E-state index >= 15 is 0 Å². The molecule has 0 bridgehead atoms. The van der Waals surface area contributed by atoms with Crippen LogP contribution in [0.2, 0.25) is 0 Å².